The molecule has 1 aromatic carbocycles. The minimum Gasteiger partial charge on any atom is -0.486 e. The van der Waals surface area contributed by atoms with Crippen LogP contribution in [0.4, 0.5) is 0 Å². The van der Waals surface area contributed by atoms with Crippen molar-refractivity contribution in [3.05, 3.63) is 23.8 Å². The molecule has 6 heteroatoms. The number of benzene rings is 1. The fourth-order valence-corrected chi connectivity index (χ4v) is 3.17. The van der Waals surface area contributed by atoms with Crippen LogP contribution in [0.15, 0.2) is 18.2 Å². The first kappa shape index (κ1) is 17.0. The summed E-state index contributed by atoms with van der Waals surface area (Å²) in [4.78, 5) is 16.9. The van der Waals surface area contributed by atoms with Crippen LogP contribution < -0.4 is 14.8 Å². The summed E-state index contributed by atoms with van der Waals surface area (Å²) in [5.41, 5.74) is 1.03. The van der Waals surface area contributed by atoms with E-state index in [4.69, 9.17) is 9.47 Å². The molecule has 3 rings (SSSR count). The van der Waals surface area contributed by atoms with E-state index >= 15 is 0 Å². The number of carbonyl (C=O) groups is 1. The van der Waals surface area contributed by atoms with Gasteiger partial charge < -0.3 is 19.7 Å². The number of ether oxygens (including phenoxy) is 2. The molecule has 1 N–H and O–H groups in total. The van der Waals surface area contributed by atoms with Crippen LogP contribution in [0.25, 0.3) is 0 Å². The van der Waals surface area contributed by atoms with Crippen molar-refractivity contribution in [1.82, 2.24) is 15.1 Å². The number of nitrogens with one attached hydrogen (secondary N) is 1. The van der Waals surface area contributed by atoms with Gasteiger partial charge in [0.15, 0.2) is 11.5 Å². The highest BCUT2D eigenvalue weighted by Gasteiger charge is 2.20. The lowest BCUT2D eigenvalue weighted by atomic mass is 10.1. The van der Waals surface area contributed by atoms with Crippen molar-refractivity contribution < 1.29 is 14.3 Å². The summed E-state index contributed by atoms with van der Waals surface area (Å²) < 4.78 is 11.1. The van der Waals surface area contributed by atoms with E-state index in [1.165, 1.54) is 0 Å². The Morgan fingerprint density at radius 2 is 1.79 bits per heavy atom. The summed E-state index contributed by atoms with van der Waals surface area (Å²) >= 11 is 0. The second-order valence-electron chi connectivity index (χ2n) is 6.40. The Balaban J connectivity index is 1.51. The molecule has 1 amide bonds. The molecular formula is C18H27N3O3. The van der Waals surface area contributed by atoms with E-state index in [2.05, 4.69) is 22.0 Å². The van der Waals surface area contributed by atoms with E-state index in [9.17, 15) is 4.79 Å². The minimum absolute atomic E-state index is 0.0507. The van der Waals surface area contributed by atoms with Crippen molar-refractivity contribution >= 4 is 5.91 Å². The van der Waals surface area contributed by atoms with Crippen molar-refractivity contribution in [3.8, 4) is 11.5 Å². The Morgan fingerprint density at radius 3 is 2.50 bits per heavy atom. The fourth-order valence-electron chi connectivity index (χ4n) is 3.17. The molecule has 0 bridgehead atoms. The van der Waals surface area contributed by atoms with E-state index < -0.39 is 0 Å². The third-order valence-corrected chi connectivity index (χ3v) is 4.72. The lowest BCUT2D eigenvalue weighted by molar-refractivity contribution is -0.123. The highest BCUT2D eigenvalue weighted by Crippen LogP contribution is 2.32. The van der Waals surface area contributed by atoms with Crippen LogP contribution in [-0.2, 0) is 4.79 Å². The van der Waals surface area contributed by atoms with Gasteiger partial charge >= 0.3 is 0 Å². The van der Waals surface area contributed by atoms with Gasteiger partial charge in [-0.3, -0.25) is 9.69 Å². The van der Waals surface area contributed by atoms with Gasteiger partial charge in [0.1, 0.15) is 13.2 Å². The zero-order valence-electron chi connectivity index (χ0n) is 14.6. The van der Waals surface area contributed by atoms with E-state index in [0.29, 0.717) is 19.8 Å². The predicted molar refractivity (Wildman–Crippen MR) is 92.5 cm³/mol. The average molecular weight is 333 g/mol. The molecule has 132 valence electrons. The molecule has 2 aliphatic rings. The summed E-state index contributed by atoms with van der Waals surface area (Å²) in [5, 5.41) is 3.08. The first-order valence-corrected chi connectivity index (χ1v) is 8.79. The average Bonchev–Trinajstić information content (AvgIpc) is 2.61. The Hall–Kier alpha value is -1.79. The van der Waals surface area contributed by atoms with E-state index in [-0.39, 0.29) is 11.9 Å². The van der Waals surface area contributed by atoms with Gasteiger partial charge in [-0.2, -0.15) is 0 Å². The Labute approximate surface area is 143 Å². The highest BCUT2D eigenvalue weighted by molar-refractivity contribution is 5.78. The molecule has 24 heavy (non-hydrogen) atoms. The van der Waals surface area contributed by atoms with Crippen molar-refractivity contribution in [2.45, 2.75) is 19.9 Å². The summed E-state index contributed by atoms with van der Waals surface area (Å²) in [6.07, 6.45) is 0. The zero-order valence-corrected chi connectivity index (χ0v) is 14.6. The number of fused-ring (bicyclic) bond motifs is 1. The molecule has 1 saturated heterocycles. The Kier molecular flexibility index (Phi) is 5.58. The van der Waals surface area contributed by atoms with Crippen molar-refractivity contribution in [2.24, 2.45) is 0 Å². The van der Waals surface area contributed by atoms with Crippen LogP contribution >= 0.6 is 0 Å². The first-order valence-electron chi connectivity index (χ1n) is 8.79. The predicted octanol–water partition coefficient (Wildman–Crippen LogP) is 1.27. The van der Waals surface area contributed by atoms with Crippen LogP contribution in [0, 0.1) is 0 Å². The molecule has 0 radical (unpaired) electrons. The van der Waals surface area contributed by atoms with Crippen molar-refractivity contribution in [1.29, 1.82) is 0 Å². The molecule has 2 aliphatic heterocycles. The molecular weight excluding hydrogens is 306 g/mol. The fraction of sp³-hybridized carbons (Fsp3) is 0.611. The van der Waals surface area contributed by atoms with Gasteiger partial charge in [0.2, 0.25) is 5.91 Å². The summed E-state index contributed by atoms with van der Waals surface area (Å²) in [6.45, 7) is 10.9. The van der Waals surface area contributed by atoms with E-state index in [0.717, 1.165) is 49.8 Å². The largest absolute Gasteiger partial charge is 0.486 e. The topological polar surface area (TPSA) is 54.0 Å². The molecule has 1 unspecified atom stereocenters. The van der Waals surface area contributed by atoms with Gasteiger partial charge in [-0.1, -0.05) is 13.0 Å². The number of nitrogens with zero attached hydrogens (tertiary/aromatic N) is 2. The minimum atomic E-state index is -0.0507. The second kappa shape index (κ2) is 7.85. The number of rotatable bonds is 5. The number of carbonyl (C=O) groups excluding carboxylic acids is 1. The number of piperazine rings is 1. The molecule has 0 saturated carbocycles. The standard InChI is InChI=1S/C18H27N3O3/c1-3-20-6-8-21(9-7-20)13-18(22)19-14(2)15-4-5-16-17(12-15)24-11-10-23-16/h4-5,12,14H,3,6-11,13H2,1-2H3,(H,19,22). The smallest absolute Gasteiger partial charge is 0.234 e. The van der Waals surface area contributed by atoms with Gasteiger partial charge in [0, 0.05) is 26.2 Å². The Bertz CT molecular complexity index is 571. The lowest BCUT2D eigenvalue weighted by Crippen LogP contribution is -2.49. The summed E-state index contributed by atoms with van der Waals surface area (Å²) in [5.74, 6) is 1.61. The van der Waals surface area contributed by atoms with E-state index in [1.54, 1.807) is 0 Å². The number of hydrogen-bond donors (Lipinski definition) is 1. The van der Waals surface area contributed by atoms with Crippen LogP contribution in [0.2, 0.25) is 0 Å². The van der Waals surface area contributed by atoms with Crippen molar-refractivity contribution in [3.63, 3.8) is 0 Å². The van der Waals surface area contributed by atoms with Gasteiger partial charge in [0.05, 0.1) is 12.6 Å². The maximum absolute atomic E-state index is 12.3. The summed E-state index contributed by atoms with van der Waals surface area (Å²) in [7, 11) is 0. The second-order valence-corrected chi connectivity index (χ2v) is 6.40. The lowest BCUT2D eigenvalue weighted by Gasteiger charge is -2.33. The van der Waals surface area contributed by atoms with Gasteiger partial charge in [-0.15, -0.1) is 0 Å². The van der Waals surface area contributed by atoms with Crippen LogP contribution in [0.1, 0.15) is 25.5 Å². The molecule has 0 spiro atoms. The highest BCUT2D eigenvalue weighted by atomic mass is 16.6. The van der Waals surface area contributed by atoms with Crippen LogP contribution in [-0.4, -0.2) is 68.2 Å². The quantitative estimate of drug-likeness (QED) is 0.879. The van der Waals surface area contributed by atoms with Crippen LogP contribution in [0.3, 0.4) is 0 Å². The molecule has 0 aliphatic carbocycles. The monoisotopic (exact) mass is 333 g/mol. The van der Waals surface area contributed by atoms with Gasteiger partial charge in [-0.05, 0) is 31.2 Å². The number of likely N-dealkylation sites (N-methyl/N-ethyl adjacent to an activating group) is 1. The molecule has 6 nitrogen and oxygen atoms in total. The first-order chi connectivity index (χ1) is 11.7. The van der Waals surface area contributed by atoms with Gasteiger partial charge in [-0.25, -0.2) is 0 Å². The van der Waals surface area contributed by atoms with Crippen molar-refractivity contribution in [2.75, 3.05) is 52.5 Å². The molecule has 0 aromatic heterocycles. The molecule has 1 fully saturated rings. The summed E-state index contributed by atoms with van der Waals surface area (Å²) in [6, 6.07) is 5.80. The van der Waals surface area contributed by atoms with Gasteiger partial charge in [0.25, 0.3) is 0 Å². The SMILES string of the molecule is CCN1CCN(CC(=O)NC(C)c2ccc3c(c2)OCCO3)CC1. The van der Waals surface area contributed by atoms with E-state index in [1.807, 2.05) is 25.1 Å². The Morgan fingerprint density at radius 1 is 1.12 bits per heavy atom. The zero-order chi connectivity index (χ0) is 16.9. The maximum atomic E-state index is 12.3. The third-order valence-electron chi connectivity index (χ3n) is 4.72. The van der Waals surface area contributed by atoms with Crippen LogP contribution in [0.5, 0.6) is 11.5 Å². The number of hydrogen-bond acceptors (Lipinski definition) is 5. The third kappa shape index (κ3) is 4.19. The number of amides is 1. The molecule has 1 aromatic rings. The maximum Gasteiger partial charge on any atom is 0.234 e. The molecule has 1 atom stereocenters. The molecule has 2 heterocycles. The normalized spacial score (nSPS) is 19.8.